The van der Waals surface area contributed by atoms with Crippen LogP contribution in [-0.4, -0.2) is 43.8 Å². The molecule has 4 rings (SSSR count). The summed E-state index contributed by atoms with van der Waals surface area (Å²) in [5.74, 6) is 7.21. The number of nitrogens with two attached hydrogens (primary N) is 1. The predicted molar refractivity (Wildman–Crippen MR) is 107 cm³/mol. The van der Waals surface area contributed by atoms with E-state index in [2.05, 4.69) is 4.99 Å². The molecular formula is C22H26FN3O2. The van der Waals surface area contributed by atoms with Gasteiger partial charge in [-0.3, -0.25) is 10.0 Å². The van der Waals surface area contributed by atoms with E-state index in [0.717, 1.165) is 61.7 Å². The van der Waals surface area contributed by atoms with Crippen molar-refractivity contribution in [2.24, 2.45) is 16.8 Å². The second kappa shape index (κ2) is 8.71. The number of hydrogen-bond acceptors (Lipinski definition) is 5. The number of nitrogens with zero attached hydrogens (tertiary/aromatic N) is 2. The lowest BCUT2D eigenvalue weighted by Crippen LogP contribution is -2.34. The van der Waals surface area contributed by atoms with Gasteiger partial charge in [0.1, 0.15) is 5.84 Å². The maximum atomic E-state index is 14.4. The van der Waals surface area contributed by atoms with Gasteiger partial charge in [0.2, 0.25) is 0 Å². The van der Waals surface area contributed by atoms with E-state index in [1.807, 2.05) is 30.3 Å². The molecule has 0 unspecified atom stereocenters. The number of hydrazine groups is 1. The molecule has 2 aliphatic rings. The van der Waals surface area contributed by atoms with Crippen LogP contribution in [0.15, 0.2) is 47.5 Å². The van der Waals surface area contributed by atoms with Gasteiger partial charge in [-0.1, -0.05) is 30.3 Å². The first-order chi connectivity index (χ1) is 13.7. The minimum absolute atomic E-state index is 0.305. The van der Waals surface area contributed by atoms with Crippen molar-refractivity contribution in [3.8, 4) is 5.75 Å². The monoisotopic (exact) mass is 383 g/mol. The highest BCUT2D eigenvalue weighted by molar-refractivity contribution is 5.99. The molecular weight excluding hydrogens is 357 g/mol. The van der Waals surface area contributed by atoms with Gasteiger partial charge in [0.25, 0.3) is 0 Å². The van der Waals surface area contributed by atoms with Crippen molar-refractivity contribution in [1.29, 1.82) is 0 Å². The number of benzene rings is 2. The van der Waals surface area contributed by atoms with Crippen LogP contribution in [-0.2, 0) is 11.2 Å². The van der Waals surface area contributed by atoms with Crippen molar-refractivity contribution >= 4 is 5.84 Å². The molecule has 2 aromatic rings. The van der Waals surface area contributed by atoms with E-state index < -0.39 is 0 Å². The lowest BCUT2D eigenvalue weighted by atomic mass is 10.0. The molecule has 148 valence electrons. The molecule has 0 atom stereocenters. The molecule has 0 aromatic heterocycles. The first-order valence-corrected chi connectivity index (χ1v) is 9.84. The Morgan fingerprint density at radius 3 is 2.54 bits per heavy atom. The molecule has 2 heterocycles. The molecule has 6 heteroatoms. The number of rotatable bonds is 6. The highest BCUT2D eigenvalue weighted by Gasteiger charge is 2.16. The molecule has 28 heavy (non-hydrogen) atoms. The fourth-order valence-corrected chi connectivity index (χ4v) is 3.62. The number of ether oxygens (including phenoxy) is 2. The van der Waals surface area contributed by atoms with E-state index in [1.54, 1.807) is 17.1 Å². The normalized spacial score (nSPS) is 17.6. The first-order valence-electron chi connectivity index (χ1n) is 9.84. The topological polar surface area (TPSA) is 60.1 Å². The second-order valence-electron chi connectivity index (χ2n) is 7.40. The quantitative estimate of drug-likeness (QED) is 0.779. The van der Waals surface area contributed by atoms with Gasteiger partial charge < -0.3 is 9.47 Å². The molecule has 1 fully saturated rings. The number of amidine groups is 1. The summed E-state index contributed by atoms with van der Waals surface area (Å²) in [4.78, 5) is 4.42. The fraction of sp³-hybridized carbons (Fsp3) is 0.409. The van der Waals surface area contributed by atoms with Gasteiger partial charge in [0.15, 0.2) is 11.6 Å². The minimum Gasteiger partial charge on any atom is -0.490 e. The molecule has 0 radical (unpaired) electrons. The van der Waals surface area contributed by atoms with Gasteiger partial charge in [0, 0.05) is 18.8 Å². The molecule has 2 aromatic carbocycles. The Bertz CT molecular complexity index is 832. The Morgan fingerprint density at radius 1 is 1.11 bits per heavy atom. The summed E-state index contributed by atoms with van der Waals surface area (Å²) in [6.45, 7) is 3.56. The predicted octanol–water partition coefficient (Wildman–Crippen LogP) is 3.16. The zero-order valence-electron chi connectivity index (χ0n) is 15.9. The summed E-state index contributed by atoms with van der Waals surface area (Å²) in [5, 5.41) is 1.67. The van der Waals surface area contributed by atoms with Crippen LogP contribution in [0.2, 0.25) is 0 Å². The molecule has 2 aliphatic heterocycles. The largest absolute Gasteiger partial charge is 0.490 e. The molecule has 1 saturated heterocycles. The smallest absolute Gasteiger partial charge is 0.165 e. The van der Waals surface area contributed by atoms with E-state index in [1.165, 1.54) is 0 Å². The second-order valence-corrected chi connectivity index (χ2v) is 7.40. The van der Waals surface area contributed by atoms with Crippen LogP contribution in [0, 0.1) is 11.7 Å². The third-order valence-electron chi connectivity index (χ3n) is 5.31. The maximum absolute atomic E-state index is 14.4. The van der Waals surface area contributed by atoms with Gasteiger partial charge in [-0.25, -0.2) is 10.2 Å². The van der Waals surface area contributed by atoms with Crippen molar-refractivity contribution < 1.29 is 13.9 Å². The molecule has 5 nitrogen and oxygen atoms in total. The number of aliphatic imine (C=N–C) groups is 1. The van der Waals surface area contributed by atoms with E-state index >= 15 is 0 Å². The van der Waals surface area contributed by atoms with E-state index in [9.17, 15) is 4.39 Å². The average Bonchev–Trinajstić information content (AvgIpc) is 3.15. The minimum atomic E-state index is -0.305. The van der Waals surface area contributed by atoms with Gasteiger partial charge in [-0.05, 0) is 48.4 Å². The number of hydrogen-bond donors (Lipinski definition) is 1. The lowest BCUT2D eigenvalue weighted by molar-refractivity contribution is 0.0491. The Hall–Kier alpha value is -2.44. The van der Waals surface area contributed by atoms with Gasteiger partial charge in [-0.2, -0.15) is 0 Å². The van der Waals surface area contributed by atoms with E-state index in [4.69, 9.17) is 15.3 Å². The lowest BCUT2D eigenvalue weighted by Gasteiger charge is -2.22. The maximum Gasteiger partial charge on any atom is 0.165 e. The van der Waals surface area contributed by atoms with E-state index in [0.29, 0.717) is 24.7 Å². The summed E-state index contributed by atoms with van der Waals surface area (Å²) in [6, 6.07) is 13.3. The summed E-state index contributed by atoms with van der Waals surface area (Å²) in [5.41, 5.74) is 3.04. The van der Waals surface area contributed by atoms with Crippen molar-refractivity contribution in [3.63, 3.8) is 0 Å². The van der Waals surface area contributed by atoms with Gasteiger partial charge in [-0.15, -0.1) is 0 Å². The Balaban J connectivity index is 1.36. The third kappa shape index (κ3) is 4.51. The summed E-state index contributed by atoms with van der Waals surface area (Å²) in [7, 11) is 0. The molecule has 0 bridgehead atoms. The van der Waals surface area contributed by atoms with Crippen molar-refractivity contribution in [1.82, 2.24) is 5.01 Å². The summed E-state index contributed by atoms with van der Waals surface area (Å²) >= 11 is 0. The van der Waals surface area contributed by atoms with Gasteiger partial charge in [0.05, 0.1) is 19.7 Å². The van der Waals surface area contributed by atoms with Crippen LogP contribution in [0.4, 0.5) is 4.39 Å². The average molecular weight is 383 g/mol. The Labute approximate surface area is 164 Å². The molecule has 2 N–H and O–H groups in total. The van der Waals surface area contributed by atoms with Crippen LogP contribution < -0.4 is 10.6 Å². The zero-order chi connectivity index (χ0) is 19.3. The van der Waals surface area contributed by atoms with Gasteiger partial charge >= 0.3 is 0 Å². The SMILES string of the molecule is NN1CCN=C1c1ccc(Cc2ccc(OCC3CCOCC3)c(F)c2)cc1. The first kappa shape index (κ1) is 18.9. The van der Waals surface area contributed by atoms with Crippen LogP contribution in [0.25, 0.3) is 0 Å². The van der Waals surface area contributed by atoms with Crippen LogP contribution in [0.1, 0.15) is 29.5 Å². The molecule has 0 saturated carbocycles. The van der Waals surface area contributed by atoms with Crippen molar-refractivity contribution in [2.75, 3.05) is 32.9 Å². The van der Waals surface area contributed by atoms with E-state index in [-0.39, 0.29) is 5.82 Å². The number of halogens is 1. The standard InChI is InChI=1S/C22H26FN3O2/c23-20-14-18(3-6-21(20)28-15-17-7-11-27-12-8-17)13-16-1-4-19(5-2-16)22-25-9-10-26(22)24/h1-6,14,17H,7-13,15,24H2. The third-order valence-corrected chi connectivity index (χ3v) is 5.31. The highest BCUT2D eigenvalue weighted by atomic mass is 19.1. The molecule has 0 spiro atoms. The highest BCUT2D eigenvalue weighted by Crippen LogP contribution is 2.23. The molecule has 0 amide bonds. The Kier molecular flexibility index (Phi) is 5.88. The summed E-state index contributed by atoms with van der Waals surface area (Å²) in [6.07, 6.45) is 2.62. The van der Waals surface area contributed by atoms with Crippen LogP contribution >= 0.6 is 0 Å². The van der Waals surface area contributed by atoms with Crippen LogP contribution in [0.3, 0.4) is 0 Å². The summed E-state index contributed by atoms with van der Waals surface area (Å²) < 4.78 is 25.5. The van der Waals surface area contributed by atoms with Crippen molar-refractivity contribution in [2.45, 2.75) is 19.3 Å². The zero-order valence-corrected chi connectivity index (χ0v) is 15.9. The van der Waals surface area contributed by atoms with Crippen molar-refractivity contribution in [3.05, 3.63) is 65.0 Å². The fourth-order valence-electron chi connectivity index (χ4n) is 3.62. The van der Waals surface area contributed by atoms with Crippen LogP contribution in [0.5, 0.6) is 5.75 Å². The Morgan fingerprint density at radius 2 is 1.86 bits per heavy atom. The molecule has 0 aliphatic carbocycles.